The van der Waals surface area contributed by atoms with Gasteiger partial charge in [0.15, 0.2) is 0 Å². The Labute approximate surface area is 120 Å². The van der Waals surface area contributed by atoms with E-state index in [2.05, 4.69) is 17.1 Å². The van der Waals surface area contributed by atoms with Crippen LogP contribution in [0.25, 0.3) is 0 Å². The molecule has 2 heterocycles. The van der Waals surface area contributed by atoms with Gasteiger partial charge in [-0.3, -0.25) is 14.5 Å². The van der Waals surface area contributed by atoms with Crippen molar-refractivity contribution in [3.05, 3.63) is 0 Å². The van der Waals surface area contributed by atoms with Gasteiger partial charge in [0, 0.05) is 25.7 Å². The number of piperidine rings is 1. The highest BCUT2D eigenvalue weighted by atomic mass is 16.2. The topological polar surface area (TPSA) is 78.7 Å². The van der Waals surface area contributed by atoms with Crippen LogP contribution in [0.1, 0.15) is 26.2 Å². The van der Waals surface area contributed by atoms with Gasteiger partial charge >= 0.3 is 0 Å². The Balaban J connectivity index is 1.90. The maximum Gasteiger partial charge on any atom is 0.237 e. The summed E-state index contributed by atoms with van der Waals surface area (Å²) in [6.45, 7) is 6.83. The van der Waals surface area contributed by atoms with E-state index in [1.54, 1.807) is 0 Å². The zero-order valence-corrected chi connectivity index (χ0v) is 12.3. The molecule has 2 unspecified atom stereocenters. The monoisotopic (exact) mass is 282 g/mol. The van der Waals surface area contributed by atoms with E-state index in [1.165, 1.54) is 0 Å². The van der Waals surface area contributed by atoms with Crippen molar-refractivity contribution >= 4 is 11.8 Å². The molecule has 2 atom stereocenters. The average molecular weight is 282 g/mol. The second-order valence-corrected chi connectivity index (χ2v) is 5.95. The number of nitrogens with one attached hydrogen (secondary N) is 1. The molecule has 2 aliphatic rings. The quantitative estimate of drug-likeness (QED) is 0.724. The van der Waals surface area contributed by atoms with E-state index in [-0.39, 0.29) is 23.8 Å². The predicted molar refractivity (Wildman–Crippen MR) is 77.0 cm³/mol. The Morgan fingerprint density at radius 3 is 2.80 bits per heavy atom. The van der Waals surface area contributed by atoms with E-state index in [0.29, 0.717) is 13.1 Å². The summed E-state index contributed by atoms with van der Waals surface area (Å²) in [5.41, 5.74) is 5.38. The summed E-state index contributed by atoms with van der Waals surface area (Å²) in [6.07, 6.45) is 2.74. The molecule has 2 rings (SSSR count). The molecule has 2 saturated heterocycles. The smallest absolute Gasteiger partial charge is 0.237 e. The maximum absolute atomic E-state index is 12.5. The van der Waals surface area contributed by atoms with Gasteiger partial charge in [-0.05, 0) is 39.3 Å². The summed E-state index contributed by atoms with van der Waals surface area (Å²) in [5, 5.41) is 3.33. The molecule has 0 bridgehead atoms. The summed E-state index contributed by atoms with van der Waals surface area (Å²) in [6, 6.07) is 0.211. The molecule has 20 heavy (non-hydrogen) atoms. The molecule has 0 spiro atoms. The van der Waals surface area contributed by atoms with Crippen molar-refractivity contribution in [3.8, 4) is 0 Å². The van der Waals surface area contributed by atoms with E-state index < -0.39 is 0 Å². The zero-order chi connectivity index (χ0) is 14.5. The molecule has 2 fully saturated rings. The summed E-state index contributed by atoms with van der Waals surface area (Å²) in [7, 11) is 0. The fraction of sp³-hybridized carbons (Fsp3) is 0.857. The molecule has 6 heteroatoms. The van der Waals surface area contributed by atoms with Crippen LogP contribution in [0.15, 0.2) is 0 Å². The first-order valence-corrected chi connectivity index (χ1v) is 7.60. The number of hydrogen-bond acceptors (Lipinski definition) is 4. The molecule has 6 nitrogen and oxygen atoms in total. The fourth-order valence-electron chi connectivity index (χ4n) is 3.03. The Hall–Kier alpha value is -1.14. The molecule has 0 aromatic carbocycles. The Kier molecular flexibility index (Phi) is 5.37. The van der Waals surface area contributed by atoms with Gasteiger partial charge < -0.3 is 16.0 Å². The zero-order valence-electron chi connectivity index (χ0n) is 12.3. The van der Waals surface area contributed by atoms with Gasteiger partial charge in [-0.1, -0.05) is 0 Å². The molecule has 0 aliphatic carbocycles. The Morgan fingerprint density at radius 1 is 1.25 bits per heavy atom. The van der Waals surface area contributed by atoms with Gasteiger partial charge in [0.1, 0.15) is 0 Å². The predicted octanol–water partition coefficient (Wildman–Crippen LogP) is -0.606. The number of carbonyl (C=O) groups is 2. The first-order valence-electron chi connectivity index (χ1n) is 7.60. The van der Waals surface area contributed by atoms with E-state index in [9.17, 15) is 9.59 Å². The first kappa shape index (κ1) is 15.3. The lowest BCUT2D eigenvalue weighted by Gasteiger charge is -2.38. The van der Waals surface area contributed by atoms with Crippen molar-refractivity contribution < 1.29 is 9.59 Å². The van der Waals surface area contributed by atoms with Crippen LogP contribution in [0.5, 0.6) is 0 Å². The van der Waals surface area contributed by atoms with Gasteiger partial charge in [0.25, 0.3) is 0 Å². The SMILES string of the molecule is CC1CCC(C(N)=O)CN1C(=O)CN1CCCNCC1. The van der Waals surface area contributed by atoms with Crippen LogP contribution in [-0.2, 0) is 9.59 Å². The second kappa shape index (κ2) is 7.04. The fourth-order valence-corrected chi connectivity index (χ4v) is 3.03. The van der Waals surface area contributed by atoms with Crippen molar-refractivity contribution in [1.82, 2.24) is 15.1 Å². The summed E-state index contributed by atoms with van der Waals surface area (Å²) < 4.78 is 0. The summed E-state index contributed by atoms with van der Waals surface area (Å²) >= 11 is 0. The van der Waals surface area contributed by atoms with Gasteiger partial charge in [-0.15, -0.1) is 0 Å². The number of nitrogens with zero attached hydrogens (tertiary/aromatic N) is 2. The molecule has 3 N–H and O–H groups in total. The van der Waals surface area contributed by atoms with Gasteiger partial charge in [0.2, 0.25) is 11.8 Å². The number of rotatable bonds is 3. The highest BCUT2D eigenvalue weighted by Crippen LogP contribution is 2.22. The molecule has 0 saturated carbocycles. The van der Waals surface area contributed by atoms with E-state index >= 15 is 0 Å². The van der Waals surface area contributed by atoms with Gasteiger partial charge in [-0.2, -0.15) is 0 Å². The molecule has 2 aliphatic heterocycles. The van der Waals surface area contributed by atoms with Crippen molar-refractivity contribution in [2.45, 2.75) is 32.2 Å². The molecule has 114 valence electrons. The van der Waals surface area contributed by atoms with Crippen LogP contribution in [0.4, 0.5) is 0 Å². The highest BCUT2D eigenvalue weighted by molar-refractivity contribution is 5.81. The molecule has 2 amide bonds. The van der Waals surface area contributed by atoms with Crippen molar-refractivity contribution in [2.24, 2.45) is 11.7 Å². The minimum atomic E-state index is -0.284. The van der Waals surface area contributed by atoms with Crippen LogP contribution in [0.3, 0.4) is 0 Å². The van der Waals surface area contributed by atoms with Crippen LogP contribution in [0, 0.1) is 5.92 Å². The van der Waals surface area contributed by atoms with Crippen LogP contribution >= 0.6 is 0 Å². The second-order valence-electron chi connectivity index (χ2n) is 5.95. The highest BCUT2D eigenvalue weighted by Gasteiger charge is 2.32. The number of likely N-dealkylation sites (tertiary alicyclic amines) is 1. The molecule has 0 radical (unpaired) electrons. The Bertz CT molecular complexity index is 353. The van der Waals surface area contributed by atoms with Crippen LogP contribution < -0.4 is 11.1 Å². The van der Waals surface area contributed by atoms with Crippen LogP contribution in [0.2, 0.25) is 0 Å². The Morgan fingerprint density at radius 2 is 2.05 bits per heavy atom. The van der Waals surface area contributed by atoms with Crippen molar-refractivity contribution in [1.29, 1.82) is 0 Å². The number of primary amides is 1. The number of nitrogens with two attached hydrogens (primary N) is 1. The third-order valence-electron chi connectivity index (χ3n) is 4.40. The number of carbonyl (C=O) groups excluding carboxylic acids is 2. The van der Waals surface area contributed by atoms with Crippen molar-refractivity contribution in [2.75, 3.05) is 39.3 Å². The minimum absolute atomic E-state index is 0.130. The summed E-state index contributed by atoms with van der Waals surface area (Å²) in [4.78, 5) is 27.8. The minimum Gasteiger partial charge on any atom is -0.369 e. The standard InChI is InChI=1S/C14H26N4O2/c1-11-3-4-12(14(15)20)9-18(11)13(19)10-17-7-2-5-16-6-8-17/h11-12,16H,2-10H2,1H3,(H2,15,20). The van der Waals surface area contributed by atoms with Gasteiger partial charge in [0.05, 0.1) is 12.5 Å². The van der Waals surface area contributed by atoms with Gasteiger partial charge in [-0.25, -0.2) is 0 Å². The normalized spacial score (nSPS) is 28.9. The van der Waals surface area contributed by atoms with E-state index in [4.69, 9.17) is 5.73 Å². The third kappa shape index (κ3) is 3.93. The lowest BCUT2D eigenvalue weighted by Crippen LogP contribution is -2.51. The first-order chi connectivity index (χ1) is 9.58. The van der Waals surface area contributed by atoms with Crippen LogP contribution in [-0.4, -0.2) is 66.9 Å². The summed E-state index contributed by atoms with van der Waals surface area (Å²) in [5.74, 6) is -0.333. The lowest BCUT2D eigenvalue weighted by atomic mass is 9.93. The average Bonchev–Trinajstić information content (AvgIpc) is 2.67. The molecule has 0 aromatic rings. The molecule has 0 aromatic heterocycles. The molecular weight excluding hydrogens is 256 g/mol. The number of hydrogen-bond donors (Lipinski definition) is 2. The molecular formula is C14H26N4O2. The number of amides is 2. The van der Waals surface area contributed by atoms with E-state index in [0.717, 1.165) is 45.4 Å². The maximum atomic E-state index is 12.5. The largest absolute Gasteiger partial charge is 0.369 e. The third-order valence-corrected chi connectivity index (χ3v) is 4.40. The lowest BCUT2D eigenvalue weighted by molar-refractivity contribution is -0.138. The van der Waals surface area contributed by atoms with Crippen molar-refractivity contribution in [3.63, 3.8) is 0 Å². The van der Waals surface area contributed by atoms with E-state index in [1.807, 2.05) is 4.90 Å².